The molecular formula is C26H25Cl2IN2O. The Kier molecular flexibility index (Phi) is 7.66. The first-order valence-electron chi connectivity index (χ1n) is 10.5. The Morgan fingerprint density at radius 3 is 2.62 bits per heavy atom. The largest absolute Gasteiger partial charge is 0.489 e. The molecule has 4 rings (SSSR count). The zero-order valence-electron chi connectivity index (χ0n) is 17.8. The molecule has 0 unspecified atom stereocenters. The van der Waals surface area contributed by atoms with Crippen LogP contribution in [0.4, 0.5) is 5.69 Å². The maximum atomic E-state index is 6.32. The van der Waals surface area contributed by atoms with Crippen LogP contribution in [0.2, 0.25) is 10.0 Å². The monoisotopic (exact) mass is 578 g/mol. The minimum Gasteiger partial charge on any atom is -0.489 e. The summed E-state index contributed by atoms with van der Waals surface area (Å²) in [5.74, 6) is 0.790. The van der Waals surface area contributed by atoms with Gasteiger partial charge in [0.1, 0.15) is 12.4 Å². The molecule has 0 aliphatic carbocycles. The third-order valence-corrected chi connectivity index (χ3v) is 7.01. The van der Waals surface area contributed by atoms with Gasteiger partial charge in [0.25, 0.3) is 0 Å². The van der Waals surface area contributed by atoms with Crippen molar-refractivity contribution in [2.24, 2.45) is 0 Å². The first-order valence-corrected chi connectivity index (χ1v) is 12.4. The van der Waals surface area contributed by atoms with Gasteiger partial charge in [-0.3, -0.25) is 4.90 Å². The second-order valence-corrected chi connectivity index (χ2v) is 10.00. The molecular weight excluding hydrogens is 554 g/mol. The van der Waals surface area contributed by atoms with Crippen LogP contribution in [0, 0.1) is 3.57 Å². The molecule has 0 amide bonds. The Balaban J connectivity index is 1.79. The SMILES string of the molecule is C=CCOc1cc(Cl)ccc1[C@@H]1CNc2ccc(I)cc2CN1[C@H](C)c1ccc(Cl)cc1. The van der Waals surface area contributed by atoms with E-state index >= 15 is 0 Å². The molecule has 0 aromatic heterocycles. The van der Waals surface area contributed by atoms with Crippen LogP contribution in [0.15, 0.2) is 73.3 Å². The molecule has 166 valence electrons. The van der Waals surface area contributed by atoms with Crippen LogP contribution in [0.5, 0.6) is 5.75 Å². The van der Waals surface area contributed by atoms with Crippen LogP contribution in [0.3, 0.4) is 0 Å². The molecule has 2 atom stereocenters. The van der Waals surface area contributed by atoms with E-state index in [2.05, 4.69) is 82.7 Å². The van der Waals surface area contributed by atoms with Crippen molar-refractivity contribution in [1.82, 2.24) is 4.90 Å². The molecule has 0 fully saturated rings. The van der Waals surface area contributed by atoms with Crippen LogP contribution < -0.4 is 10.1 Å². The average Bonchev–Trinajstić information content (AvgIpc) is 2.97. The number of rotatable bonds is 6. The standard InChI is InChI=1S/C26H25Cl2IN2O/c1-3-12-32-26-14-21(28)8-10-23(26)25-15-30-24-11-9-22(29)13-19(24)16-31(25)17(2)18-4-6-20(27)7-5-18/h3-11,13-14,17,25,30H,1,12,15-16H2,2H3/t17-,25+/m1/s1. The highest BCUT2D eigenvalue weighted by molar-refractivity contribution is 14.1. The zero-order valence-corrected chi connectivity index (χ0v) is 21.5. The fraction of sp³-hybridized carbons (Fsp3) is 0.231. The lowest BCUT2D eigenvalue weighted by atomic mass is 9.98. The van der Waals surface area contributed by atoms with Crippen molar-refractivity contribution < 1.29 is 4.74 Å². The number of nitrogens with zero attached hydrogens (tertiary/aromatic N) is 1. The van der Waals surface area contributed by atoms with Gasteiger partial charge in [-0.1, -0.05) is 54.1 Å². The molecule has 3 aromatic rings. The van der Waals surface area contributed by atoms with E-state index in [4.69, 9.17) is 27.9 Å². The van der Waals surface area contributed by atoms with Gasteiger partial charge in [-0.25, -0.2) is 0 Å². The van der Waals surface area contributed by atoms with E-state index in [0.29, 0.717) is 11.6 Å². The van der Waals surface area contributed by atoms with Crippen molar-refractivity contribution in [3.05, 3.63) is 104 Å². The van der Waals surface area contributed by atoms with Gasteiger partial charge >= 0.3 is 0 Å². The summed E-state index contributed by atoms with van der Waals surface area (Å²) in [6, 6.07) is 20.8. The van der Waals surface area contributed by atoms with E-state index in [-0.39, 0.29) is 12.1 Å². The highest BCUT2D eigenvalue weighted by atomic mass is 127. The quantitative estimate of drug-likeness (QED) is 0.238. The molecule has 0 spiro atoms. The summed E-state index contributed by atoms with van der Waals surface area (Å²) < 4.78 is 7.26. The van der Waals surface area contributed by atoms with Gasteiger partial charge in [0.2, 0.25) is 0 Å². The van der Waals surface area contributed by atoms with Crippen molar-refractivity contribution in [3.63, 3.8) is 0 Å². The predicted molar refractivity (Wildman–Crippen MR) is 143 cm³/mol. The lowest BCUT2D eigenvalue weighted by molar-refractivity contribution is 0.141. The summed E-state index contributed by atoms with van der Waals surface area (Å²) in [4.78, 5) is 2.52. The first-order chi connectivity index (χ1) is 15.5. The van der Waals surface area contributed by atoms with Gasteiger partial charge in [0.05, 0.1) is 6.04 Å². The van der Waals surface area contributed by atoms with Crippen LogP contribution in [-0.2, 0) is 6.54 Å². The first kappa shape index (κ1) is 23.4. The van der Waals surface area contributed by atoms with E-state index in [1.807, 2.05) is 24.3 Å². The number of hydrogen-bond donors (Lipinski definition) is 1. The van der Waals surface area contributed by atoms with E-state index in [1.54, 1.807) is 6.08 Å². The molecule has 1 aliphatic heterocycles. The minimum absolute atomic E-state index is 0.0721. The second-order valence-electron chi connectivity index (χ2n) is 7.88. The van der Waals surface area contributed by atoms with Gasteiger partial charge in [-0.2, -0.15) is 0 Å². The number of anilines is 1. The molecule has 1 N–H and O–H groups in total. The molecule has 0 saturated carbocycles. The highest BCUT2D eigenvalue weighted by Gasteiger charge is 2.31. The molecule has 3 aromatic carbocycles. The van der Waals surface area contributed by atoms with E-state index in [1.165, 1.54) is 20.4 Å². The lowest BCUT2D eigenvalue weighted by Crippen LogP contribution is -2.33. The van der Waals surface area contributed by atoms with Crippen molar-refractivity contribution in [3.8, 4) is 5.75 Å². The van der Waals surface area contributed by atoms with Gasteiger partial charge in [-0.05, 0) is 83.1 Å². The average molecular weight is 579 g/mol. The van der Waals surface area contributed by atoms with Crippen LogP contribution in [0.25, 0.3) is 0 Å². The Labute approximate surface area is 213 Å². The summed E-state index contributed by atoms with van der Waals surface area (Å²) in [6.07, 6.45) is 1.75. The number of hydrogen-bond acceptors (Lipinski definition) is 3. The summed E-state index contributed by atoms with van der Waals surface area (Å²) in [5.41, 5.74) is 4.77. The number of fused-ring (bicyclic) bond motifs is 1. The summed E-state index contributed by atoms with van der Waals surface area (Å²) in [6.45, 7) is 8.01. The summed E-state index contributed by atoms with van der Waals surface area (Å²) in [7, 11) is 0. The fourth-order valence-electron chi connectivity index (χ4n) is 4.18. The van der Waals surface area contributed by atoms with Gasteiger partial charge in [-0.15, -0.1) is 0 Å². The molecule has 0 radical (unpaired) electrons. The third kappa shape index (κ3) is 5.25. The Morgan fingerprint density at radius 1 is 1.12 bits per heavy atom. The minimum atomic E-state index is 0.0721. The van der Waals surface area contributed by atoms with E-state index < -0.39 is 0 Å². The smallest absolute Gasteiger partial charge is 0.126 e. The maximum absolute atomic E-state index is 6.32. The lowest BCUT2D eigenvalue weighted by Gasteiger charge is -2.36. The fourth-order valence-corrected chi connectivity index (χ4v) is 5.03. The molecule has 6 heteroatoms. The van der Waals surface area contributed by atoms with Crippen molar-refractivity contribution >= 4 is 51.5 Å². The van der Waals surface area contributed by atoms with Crippen LogP contribution >= 0.6 is 45.8 Å². The molecule has 0 bridgehead atoms. The zero-order chi connectivity index (χ0) is 22.7. The third-order valence-electron chi connectivity index (χ3n) is 5.85. The highest BCUT2D eigenvalue weighted by Crippen LogP contribution is 2.40. The van der Waals surface area contributed by atoms with Gasteiger partial charge in [0, 0.05) is 44.0 Å². The summed E-state index contributed by atoms with van der Waals surface area (Å²) >= 11 is 14.9. The van der Waals surface area contributed by atoms with E-state index in [0.717, 1.165) is 29.4 Å². The topological polar surface area (TPSA) is 24.5 Å². The van der Waals surface area contributed by atoms with Crippen molar-refractivity contribution in [2.45, 2.75) is 25.6 Å². The molecule has 32 heavy (non-hydrogen) atoms. The Hall–Kier alpha value is -1.73. The van der Waals surface area contributed by atoms with Gasteiger partial charge in [0.15, 0.2) is 0 Å². The van der Waals surface area contributed by atoms with Crippen molar-refractivity contribution in [1.29, 1.82) is 0 Å². The van der Waals surface area contributed by atoms with Crippen LogP contribution in [-0.4, -0.2) is 18.1 Å². The normalized spacial score (nSPS) is 17.1. The molecule has 0 saturated heterocycles. The van der Waals surface area contributed by atoms with E-state index in [9.17, 15) is 0 Å². The number of benzene rings is 3. The number of ether oxygens (including phenoxy) is 1. The molecule has 1 aliphatic rings. The van der Waals surface area contributed by atoms with Gasteiger partial charge < -0.3 is 10.1 Å². The predicted octanol–water partition coefficient (Wildman–Crippen LogP) is 7.89. The van der Waals surface area contributed by atoms with Crippen molar-refractivity contribution in [2.75, 3.05) is 18.5 Å². The molecule has 1 heterocycles. The second kappa shape index (κ2) is 10.5. The Morgan fingerprint density at radius 2 is 1.88 bits per heavy atom. The molecule has 3 nitrogen and oxygen atoms in total. The maximum Gasteiger partial charge on any atom is 0.126 e. The number of halogens is 3. The number of nitrogens with one attached hydrogen (secondary N) is 1. The van der Waals surface area contributed by atoms with Crippen LogP contribution in [0.1, 0.15) is 35.7 Å². The summed E-state index contributed by atoms with van der Waals surface area (Å²) in [5, 5.41) is 5.07. The Bertz CT molecular complexity index is 1100.